The van der Waals surface area contributed by atoms with Crippen LogP contribution in [0.25, 0.3) is 0 Å². The zero-order valence-electron chi connectivity index (χ0n) is 12.2. The molecular formula is C16H22N2O3. The first kappa shape index (κ1) is 14.4. The third kappa shape index (κ3) is 3.36. The summed E-state index contributed by atoms with van der Waals surface area (Å²) in [4.78, 5) is 16.4. The topological polar surface area (TPSA) is 53.0 Å². The Balaban J connectivity index is 1.65. The molecule has 5 heteroatoms. The molecule has 1 atom stereocenters. The van der Waals surface area contributed by atoms with Gasteiger partial charge >= 0.3 is 0 Å². The fourth-order valence-corrected chi connectivity index (χ4v) is 3.17. The van der Waals surface area contributed by atoms with Crippen molar-refractivity contribution in [2.45, 2.75) is 18.9 Å². The Labute approximate surface area is 125 Å². The summed E-state index contributed by atoms with van der Waals surface area (Å²) in [6.45, 7) is 5.09. The highest BCUT2D eigenvalue weighted by molar-refractivity contribution is 5.79. The quantitative estimate of drug-likeness (QED) is 0.910. The lowest BCUT2D eigenvalue weighted by Gasteiger charge is -2.31. The van der Waals surface area contributed by atoms with Gasteiger partial charge in [-0.1, -0.05) is 12.1 Å². The molecule has 3 rings (SSSR count). The molecule has 1 aromatic rings. The maximum Gasteiger partial charge on any atom is 0.223 e. The molecule has 0 bridgehead atoms. The molecule has 1 N–H and O–H groups in total. The number of phenolic OH excluding ortho intramolecular Hbond substituents is 1. The fourth-order valence-electron chi connectivity index (χ4n) is 3.17. The van der Waals surface area contributed by atoms with E-state index in [1.54, 1.807) is 12.1 Å². The van der Waals surface area contributed by atoms with E-state index in [-0.39, 0.29) is 17.7 Å². The molecule has 2 aliphatic rings. The van der Waals surface area contributed by atoms with E-state index in [2.05, 4.69) is 4.90 Å². The molecule has 21 heavy (non-hydrogen) atoms. The molecule has 1 unspecified atom stereocenters. The standard InChI is InChI=1S/C16H22N2O3/c19-14-3-1-2-13(12-14)15-4-5-16(20)18(15)7-6-17-8-10-21-11-9-17/h1-3,12,15,19H,4-11H2. The highest BCUT2D eigenvalue weighted by atomic mass is 16.5. The number of hydrogen-bond donors (Lipinski definition) is 1. The van der Waals surface area contributed by atoms with Gasteiger partial charge < -0.3 is 14.7 Å². The number of carbonyl (C=O) groups excluding carboxylic acids is 1. The lowest BCUT2D eigenvalue weighted by atomic mass is 10.0. The Kier molecular flexibility index (Phi) is 4.41. The molecule has 1 amide bonds. The van der Waals surface area contributed by atoms with Crippen LogP contribution in [-0.4, -0.2) is 60.2 Å². The van der Waals surface area contributed by atoms with Crippen molar-refractivity contribution in [3.63, 3.8) is 0 Å². The number of phenols is 1. The van der Waals surface area contributed by atoms with Crippen molar-refractivity contribution < 1.29 is 14.6 Å². The SMILES string of the molecule is O=C1CCC(c2cccc(O)c2)N1CCN1CCOCC1. The number of nitrogens with zero attached hydrogens (tertiary/aromatic N) is 2. The smallest absolute Gasteiger partial charge is 0.223 e. The van der Waals surface area contributed by atoms with Crippen molar-refractivity contribution in [2.75, 3.05) is 39.4 Å². The number of morpholine rings is 1. The lowest BCUT2D eigenvalue weighted by molar-refractivity contribution is -0.129. The van der Waals surface area contributed by atoms with Crippen LogP contribution in [0.5, 0.6) is 5.75 Å². The van der Waals surface area contributed by atoms with E-state index < -0.39 is 0 Å². The maximum atomic E-state index is 12.1. The number of ether oxygens (including phenoxy) is 1. The van der Waals surface area contributed by atoms with Gasteiger partial charge in [0.15, 0.2) is 0 Å². The van der Waals surface area contributed by atoms with Crippen molar-refractivity contribution in [1.29, 1.82) is 0 Å². The predicted octanol–water partition coefficient (Wildman–Crippen LogP) is 1.39. The van der Waals surface area contributed by atoms with Crippen LogP contribution in [0.4, 0.5) is 0 Å². The number of carbonyl (C=O) groups is 1. The van der Waals surface area contributed by atoms with E-state index >= 15 is 0 Å². The molecular weight excluding hydrogens is 268 g/mol. The molecule has 0 spiro atoms. The van der Waals surface area contributed by atoms with Gasteiger partial charge in [0.1, 0.15) is 5.75 Å². The van der Waals surface area contributed by atoms with Crippen LogP contribution in [0, 0.1) is 0 Å². The van der Waals surface area contributed by atoms with Crippen LogP contribution < -0.4 is 0 Å². The zero-order valence-corrected chi connectivity index (χ0v) is 12.2. The second-order valence-electron chi connectivity index (χ2n) is 5.69. The van der Waals surface area contributed by atoms with Crippen molar-refractivity contribution >= 4 is 5.91 Å². The van der Waals surface area contributed by atoms with E-state index in [0.29, 0.717) is 6.42 Å². The maximum absolute atomic E-state index is 12.1. The number of aromatic hydroxyl groups is 1. The van der Waals surface area contributed by atoms with Gasteiger partial charge in [-0.2, -0.15) is 0 Å². The minimum absolute atomic E-state index is 0.102. The monoisotopic (exact) mass is 290 g/mol. The summed E-state index contributed by atoms with van der Waals surface area (Å²) in [6, 6.07) is 7.37. The Hall–Kier alpha value is -1.59. The average Bonchev–Trinajstić information content (AvgIpc) is 2.87. The molecule has 114 valence electrons. The van der Waals surface area contributed by atoms with Crippen molar-refractivity contribution in [1.82, 2.24) is 9.80 Å². The van der Waals surface area contributed by atoms with Gasteiger partial charge in [0, 0.05) is 32.6 Å². The van der Waals surface area contributed by atoms with Gasteiger partial charge in [0.25, 0.3) is 0 Å². The van der Waals surface area contributed by atoms with E-state index in [9.17, 15) is 9.90 Å². The van der Waals surface area contributed by atoms with Gasteiger partial charge in [-0.15, -0.1) is 0 Å². The number of hydrogen-bond acceptors (Lipinski definition) is 4. The molecule has 2 heterocycles. The van der Waals surface area contributed by atoms with Crippen molar-refractivity contribution in [2.24, 2.45) is 0 Å². The first-order valence-electron chi connectivity index (χ1n) is 7.62. The third-order valence-electron chi connectivity index (χ3n) is 4.34. The first-order chi connectivity index (χ1) is 10.2. The third-order valence-corrected chi connectivity index (χ3v) is 4.34. The largest absolute Gasteiger partial charge is 0.508 e. The fraction of sp³-hybridized carbons (Fsp3) is 0.562. The lowest BCUT2D eigenvalue weighted by Crippen LogP contribution is -2.42. The van der Waals surface area contributed by atoms with Gasteiger partial charge in [-0.05, 0) is 24.1 Å². The Morgan fingerprint density at radius 2 is 2.05 bits per heavy atom. The summed E-state index contributed by atoms with van der Waals surface area (Å²) in [6.07, 6.45) is 1.44. The summed E-state index contributed by atoms with van der Waals surface area (Å²) >= 11 is 0. The average molecular weight is 290 g/mol. The van der Waals surface area contributed by atoms with Crippen LogP contribution in [0.2, 0.25) is 0 Å². The molecule has 5 nitrogen and oxygen atoms in total. The summed E-state index contributed by atoms with van der Waals surface area (Å²) in [5, 5.41) is 9.63. The number of benzene rings is 1. The van der Waals surface area contributed by atoms with Crippen molar-refractivity contribution in [3.8, 4) is 5.75 Å². The van der Waals surface area contributed by atoms with Gasteiger partial charge in [-0.3, -0.25) is 9.69 Å². The second-order valence-corrected chi connectivity index (χ2v) is 5.69. The molecule has 2 fully saturated rings. The Morgan fingerprint density at radius 1 is 1.24 bits per heavy atom. The molecule has 0 aromatic heterocycles. The Bertz CT molecular complexity index is 500. The summed E-state index contributed by atoms with van der Waals surface area (Å²) in [5.74, 6) is 0.483. The summed E-state index contributed by atoms with van der Waals surface area (Å²) in [7, 11) is 0. The minimum atomic E-state index is 0.102. The Morgan fingerprint density at radius 3 is 2.81 bits per heavy atom. The van der Waals surface area contributed by atoms with Crippen LogP contribution in [0.1, 0.15) is 24.4 Å². The van der Waals surface area contributed by atoms with Crippen LogP contribution in [0.3, 0.4) is 0 Å². The van der Waals surface area contributed by atoms with E-state index in [4.69, 9.17) is 4.74 Å². The molecule has 2 saturated heterocycles. The van der Waals surface area contributed by atoms with Gasteiger partial charge in [-0.25, -0.2) is 0 Å². The van der Waals surface area contributed by atoms with Crippen LogP contribution >= 0.6 is 0 Å². The molecule has 1 aromatic carbocycles. The highest BCUT2D eigenvalue weighted by Gasteiger charge is 2.32. The van der Waals surface area contributed by atoms with E-state index in [1.807, 2.05) is 17.0 Å². The predicted molar refractivity (Wildman–Crippen MR) is 79.1 cm³/mol. The normalized spacial score (nSPS) is 23.7. The number of likely N-dealkylation sites (tertiary alicyclic amines) is 1. The number of amides is 1. The molecule has 0 saturated carbocycles. The number of rotatable bonds is 4. The zero-order chi connectivity index (χ0) is 14.7. The van der Waals surface area contributed by atoms with Crippen molar-refractivity contribution in [3.05, 3.63) is 29.8 Å². The van der Waals surface area contributed by atoms with Crippen LogP contribution in [-0.2, 0) is 9.53 Å². The van der Waals surface area contributed by atoms with E-state index in [1.165, 1.54) is 0 Å². The van der Waals surface area contributed by atoms with E-state index in [0.717, 1.165) is 51.4 Å². The van der Waals surface area contributed by atoms with Gasteiger partial charge in [0.05, 0.1) is 19.3 Å². The highest BCUT2D eigenvalue weighted by Crippen LogP contribution is 2.33. The second kappa shape index (κ2) is 6.45. The summed E-state index contributed by atoms with van der Waals surface area (Å²) < 4.78 is 5.35. The summed E-state index contributed by atoms with van der Waals surface area (Å²) in [5.41, 5.74) is 1.03. The molecule has 2 aliphatic heterocycles. The molecule has 0 radical (unpaired) electrons. The van der Waals surface area contributed by atoms with Crippen LogP contribution in [0.15, 0.2) is 24.3 Å². The first-order valence-corrected chi connectivity index (χ1v) is 7.62. The minimum Gasteiger partial charge on any atom is -0.508 e. The molecule has 0 aliphatic carbocycles. The van der Waals surface area contributed by atoms with Gasteiger partial charge in [0.2, 0.25) is 5.91 Å².